The molecule has 1 atom stereocenters. The van der Waals surface area contributed by atoms with E-state index in [4.69, 9.17) is 0 Å². The molecule has 1 saturated carbocycles. The zero-order valence-corrected chi connectivity index (χ0v) is 12.8. The molecule has 0 bridgehead atoms. The van der Waals surface area contributed by atoms with Gasteiger partial charge in [-0.3, -0.25) is 9.69 Å². The largest absolute Gasteiger partial charge is 0.312 e. The molecular weight excluding hydrogens is 264 g/mol. The lowest BCUT2D eigenvalue weighted by molar-refractivity contribution is -0.132. The average Bonchev–Trinajstić information content (AvgIpc) is 3.34. The normalized spacial score (nSPS) is 27.0. The van der Waals surface area contributed by atoms with Crippen molar-refractivity contribution < 1.29 is 9.59 Å². The maximum Gasteiger partial charge on any atom is 0.241 e. The minimum atomic E-state index is -0.0518. The fraction of sp³-hybridized carbons (Fsp3) is 0.765. The van der Waals surface area contributed by atoms with Gasteiger partial charge in [0.25, 0.3) is 0 Å². The molecule has 0 spiro atoms. The molecule has 0 radical (unpaired) electrons. The quantitative estimate of drug-likeness (QED) is 0.730. The Kier molecular flexibility index (Phi) is 4.73. The number of nitrogens with zero attached hydrogens (tertiary/aromatic N) is 2. The number of aldehydes is 1. The van der Waals surface area contributed by atoms with Crippen LogP contribution in [0.2, 0.25) is 0 Å². The highest BCUT2D eigenvalue weighted by Gasteiger charge is 2.36. The van der Waals surface area contributed by atoms with Crippen molar-refractivity contribution in [2.45, 2.75) is 69.9 Å². The van der Waals surface area contributed by atoms with Crippen LogP contribution < -0.4 is 0 Å². The van der Waals surface area contributed by atoms with Crippen molar-refractivity contribution >= 4 is 12.2 Å². The highest BCUT2D eigenvalue weighted by Crippen LogP contribution is 2.34. The smallest absolute Gasteiger partial charge is 0.241 e. The number of hydrogen-bond donors (Lipinski definition) is 0. The van der Waals surface area contributed by atoms with Crippen molar-refractivity contribution in [2.75, 3.05) is 13.1 Å². The lowest BCUT2D eigenvalue weighted by atomic mass is 10.0. The predicted molar refractivity (Wildman–Crippen MR) is 81.7 cm³/mol. The SMILES string of the molecule is O=CC1CCCCN1CC(=O)N(C1=CCCCC1)C1CC1. The summed E-state index contributed by atoms with van der Waals surface area (Å²) in [5.74, 6) is 0.208. The van der Waals surface area contributed by atoms with Gasteiger partial charge in [0.05, 0.1) is 12.6 Å². The van der Waals surface area contributed by atoms with Gasteiger partial charge in [-0.2, -0.15) is 0 Å². The third-order valence-electron chi connectivity index (χ3n) is 4.92. The minimum Gasteiger partial charge on any atom is -0.312 e. The predicted octanol–water partition coefficient (Wildman–Crippen LogP) is 2.49. The Hall–Kier alpha value is -1.16. The number of amides is 1. The second-order valence-corrected chi connectivity index (χ2v) is 6.61. The fourth-order valence-corrected chi connectivity index (χ4v) is 3.59. The Balaban J connectivity index is 1.66. The third kappa shape index (κ3) is 3.54. The highest BCUT2D eigenvalue weighted by atomic mass is 16.2. The standard InChI is InChI=1S/C17H26N2O2/c20-13-16-8-4-5-11-18(16)12-17(21)19(15-9-10-15)14-6-2-1-3-7-14/h6,13,15-16H,1-5,7-12H2. The van der Waals surface area contributed by atoms with Crippen LogP contribution in [0.3, 0.4) is 0 Å². The lowest BCUT2D eigenvalue weighted by Gasteiger charge is -2.35. The molecule has 2 fully saturated rings. The van der Waals surface area contributed by atoms with E-state index in [2.05, 4.69) is 15.9 Å². The Morgan fingerprint density at radius 3 is 2.76 bits per heavy atom. The zero-order chi connectivity index (χ0) is 14.7. The maximum atomic E-state index is 12.8. The first-order valence-electron chi connectivity index (χ1n) is 8.50. The summed E-state index contributed by atoms with van der Waals surface area (Å²) < 4.78 is 0. The number of piperidine rings is 1. The third-order valence-corrected chi connectivity index (χ3v) is 4.92. The van der Waals surface area contributed by atoms with Crippen molar-refractivity contribution in [2.24, 2.45) is 0 Å². The highest BCUT2D eigenvalue weighted by molar-refractivity contribution is 5.81. The molecule has 3 aliphatic rings. The number of hydrogen-bond acceptors (Lipinski definition) is 3. The van der Waals surface area contributed by atoms with E-state index < -0.39 is 0 Å². The maximum absolute atomic E-state index is 12.8. The summed E-state index contributed by atoms with van der Waals surface area (Å²) in [6.45, 7) is 1.30. The molecule has 0 aromatic heterocycles. The minimum absolute atomic E-state index is 0.0518. The first kappa shape index (κ1) is 14.8. The Morgan fingerprint density at radius 1 is 1.24 bits per heavy atom. The van der Waals surface area contributed by atoms with E-state index in [1.807, 2.05) is 0 Å². The molecule has 1 aliphatic heterocycles. The van der Waals surface area contributed by atoms with Crippen LogP contribution in [-0.2, 0) is 9.59 Å². The number of carbonyl (C=O) groups is 2. The molecule has 3 rings (SSSR count). The number of likely N-dealkylation sites (tertiary alicyclic amines) is 1. The van der Waals surface area contributed by atoms with E-state index >= 15 is 0 Å². The van der Waals surface area contributed by atoms with Crippen molar-refractivity contribution in [3.05, 3.63) is 11.8 Å². The van der Waals surface area contributed by atoms with E-state index in [1.54, 1.807) is 0 Å². The molecule has 1 saturated heterocycles. The summed E-state index contributed by atoms with van der Waals surface area (Å²) in [5.41, 5.74) is 1.24. The zero-order valence-electron chi connectivity index (χ0n) is 12.8. The van der Waals surface area contributed by atoms with Crippen molar-refractivity contribution in [1.29, 1.82) is 0 Å². The summed E-state index contributed by atoms with van der Waals surface area (Å²) in [7, 11) is 0. The van der Waals surface area contributed by atoms with Crippen molar-refractivity contribution in [3.63, 3.8) is 0 Å². The molecular formula is C17H26N2O2. The molecule has 2 aliphatic carbocycles. The van der Waals surface area contributed by atoms with Crippen LogP contribution in [0.4, 0.5) is 0 Å². The Bertz CT molecular complexity index is 429. The van der Waals surface area contributed by atoms with Gasteiger partial charge < -0.3 is 9.69 Å². The summed E-state index contributed by atoms with van der Waals surface area (Å²) in [5, 5.41) is 0. The summed E-state index contributed by atoms with van der Waals surface area (Å²) in [6, 6.07) is 0.380. The van der Waals surface area contributed by atoms with Gasteiger partial charge in [-0.05, 0) is 57.9 Å². The molecule has 4 heteroatoms. The van der Waals surface area contributed by atoms with E-state index in [0.717, 1.165) is 57.8 Å². The van der Waals surface area contributed by atoms with Gasteiger partial charge in [0, 0.05) is 11.7 Å². The average molecular weight is 290 g/mol. The van der Waals surface area contributed by atoms with Gasteiger partial charge in [-0.25, -0.2) is 0 Å². The van der Waals surface area contributed by atoms with Crippen LogP contribution in [0.1, 0.15) is 57.8 Å². The van der Waals surface area contributed by atoms with Crippen LogP contribution in [0.5, 0.6) is 0 Å². The number of carbonyl (C=O) groups excluding carboxylic acids is 2. The van der Waals surface area contributed by atoms with E-state index in [0.29, 0.717) is 12.6 Å². The monoisotopic (exact) mass is 290 g/mol. The Labute approximate surface area is 127 Å². The van der Waals surface area contributed by atoms with Gasteiger partial charge >= 0.3 is 0 Å². The molecule has 1 amide bonds. The molecule has 1 unspecified atom stereocenters. The van der Waals surface area contributed by atoms with Crippen LogP contribution >= 0.6 is 0 Å². The van der Waals surface area contributed by atoms with E-state index in [-0.39, 0.29) is 11.9 Å². The second-order valence-electron chi connectivity index (χ2n) is 6.61. The summed E-state index contributed by atoms with van der Waals surface area (Å²) >= 11 is 0. The summed E-state index contributed by atoms with van der Waals surface area (Å²) in [6.07, 6.45) is 13.3. The van der Waals surface area contributed by atoms with Gasteiger partial charge in [0.1, 0.15) is 6.29 Å². The number of rotatable bonds is 5. The molecule has 116 valence electrons. The van der Waals surface area contributed by atoms with Gasteiger partial charge in [0.2, 0.25) is 5.91 Å². The van der Waals surface area contributed by atoms with Crippen molar-refractivity contribution in [1.82, 2.24) is 9.80 Å². The lowest BCUT2D eigenvalue weighted by Crippen LogP contribution is -2.47. The molecule has 4 nitrogen and oxygen atoms in total. The fourth-order valence-electron chi connectivity index (χ4n) is 3.59. The first-order chi connectivity index (χ1) is 10.3. The van der Waals surface area contributed by atoms with Crippen molar-refractivity contribution in [3.8, 4) is 0 Å². The first-order valence-corrected chi connectivity index (χ1v) is 8.50. The second kappa shape index (κ2) is 6.73. The molecule has 1 heterocycles. The van der Waals surface area contributed by atoms with Gasteiger partial charge in [0.15, 0.2) is 0 Å². The van der Waals surface area contributed by atoms with Crippen LogP contribution in [0.15, 0.2) is 11.8 Å². The number of allylic oxidation sites excluding steroid dienone is 2. The van der Waals surface area contributed by atoms with Crippen LogP contribution in [-0.4, -0.2) is 47.2 Å². The van der Waals surface area contributed by atoms with Crippen LogP contribution in [0, 0.1) is 0 Å². The van der Waals surface area contributed by atoms with E-state index in [1.165, 1.54) is 18.5 Å². The van der Waals surface area contributed by atoms with Crippen LogP contribution in [0.25, 0.3) is 0 Å². The summed E-state index contributed by atoms with van der Waals surface area (Å²) in [4.78, 5) is 28.1. The molecule has 0 aromatic carbocycles. The van der Waals surface area contributed by atoms with Gasteiger partial charge in [-0.15, -0.1) is 0 Å². The molecule has 21 heavy (non-hydrogen) atoms. The Morgan fingerprint density at radius 2 is 2.10 bits per heavy atom. The molecule has 0 N–H and O–H groups in total. The molecule has 0 aromatic rings. The van der Waals surface area contributed by atoms with Gasteiger partial charge in [-0.1, -0.05) is 12.5 Å². The topological polar surface area (TPSA) is 40.6 Å². The van der Waals surface area contributed by atoms with E-state index in [9.17, 15) is 9.59 Å².